The fourth-order valence-corrected chi connectivity index (χ4v) is 5.56. The fraction of sp³-hybridized carbons (Fsp3) is 0.304. The molecule has 1 aliphatic rings. The third-order valence-electron chi connectivity index (χ3n) is 5.50. The highest BCUT2D eigenvalue weighted by Crippen LogP contribution is 2.30. The van der Waals surface area contributed by atoms with E-state index >= 15 is 0 Å². The maximum atomic E-state index is 13.4. The van der Waals surface area contributed by atoms with Crippen molar-refractivity contribution in [3.8, 4) is 22.8 Å². The van der Waals surface area contributed by atoms with Crippen LogP contribution in [0.3, 0.4) is 0 Å². The van der Waals surface area contributed by atoms with Crippen molar-refractivity contribution in [2.75, 3.05) is 25.7 Å². The average molecular weight is 457 g/mol. The molecule has 1 saturated heterocycles. The molecule has 2 aromatic carbocycles. The minimum absolute atomic E-state index is 0.0570. The second kappa shape index (κ2) is 9.04. The number of amides is 1. The highest BCUT2D eigenvalue weighted by atomic mass is 32.2. The number of sulfone groups is 1. The lowest BCUT2D eigenvalue weighted by Crippen LogP contribution is -2.40. The smallest absolute Gasteiger partial charge is 0.276 e. The Labute approximate surface area is 186 Å². The Balaban J connectivity index is 1.64. The molecule has 1 fully saturated rings. The summed E-state index contributed by atoms with van der Waals surface area (Å²) in [6.07, 6.45) is 0.380. The number of aromatic nitrogens is 1. The van der Waals surface area contributed by atoms with Crippen molar-refractivity contribution in [3.05, 3.63) is 65.9 Å². The van der Waals surface area contributed by atoms with Crippen LogP contribution >= 0.6 is 0 Å². The Morgan fingerprint density at radius 1 is 1.09 bits per heavy atom. The maximum Gasteiger partial charge on any atom is 0.276 e. The molecule has 0 N–H and O–H groups in total. The topological polar surface area (TPSA) is 98.9 Å². The van der Waals surface area contributed by atoms with E-state index in [9.17, 15) is 13.2 Å². The second-order valence-corrected chi connectivity index (χ2v) is 9.85. The summed E-state index contributed by atoms with van der Waals surface area (Å²) >= 11 is 0. The number of benzene rings is 2. The monoisotopic (exact) mass is 456 g/mol. The molecule has 3 aromatic rings. The molecule has 1 unspecified atom stereocenters. The van der Waals surface area contributed by atoms with E-state index in [4.69, 9.17) is 14.0 Å². The van der Waals surface area contributed by atoms with Crippen molar-refractivity contribution in [2.45, 2.75) is 19.0 Å². The van der Waals surface area contributed by atoms with Crippen LogP contribution in [-0.2, 0) is 16.4 Å². The predicted molar refractivity (Wildman–Crippen MR) is 118 cm³/mol. The molecule has 9 heteroatoms. The van der Waals surface area contributed by atoms with Crippen LogP contribution in [0.25, 0.3) is 11.3 Å². The van der Waals surface area contributed by atoms with Gasteiger partial charge in [-0.1, -0.05) is 41.6 Å². The summed E-state index contributed by atoms with van der Waals surface area (Å²) in [4.78, 5) is 15.0. The van der Waals surface area contributed by atoms with Gasteiger partial charge in [-0.15, -0.1) is 0 Å². The van der Waals surface area contributed by atoms with Gasteiger partial charge >= 0.3 is 0 Å². The number of carbonyl (C=O) groups is 1. The number of ether oxygens (including phenoxy) is 2. The van der Waals surface area contributed by atoms with E-state index in [1.54, 1.807) is 30.2 Å². The average Bonchev–Trinajstić information content (AvgIpc) is 3.44. The van der Waals surface area contributed by atoms with Gasteiger partial charge in [0.2, 0.25) is 0 Å². The van der Waals surface area contributed by atoms with Gasteiger partial charge in [-0.25, -0.2) is 8.42 Å². The van der Waals surface area contributed by atoms with E-state index < -0.39 is 15.9 Å². The van der Waals surface area contributed by atoms with Gasteiger partial charge in [-0.05, 0) is 24.1 Å². The molecule has 1 aromatic heterocycles. The highest BCUT2D eigenvalue weighted by molar-refractivity contribution is 7.91. The number of carbonyl (C=O) groups excluding carboxylic acids is 1. The van der Waals surface area contributed by atoms with E-state index in [0.29, 0.717) is 23.7 Å². The number of rotatable bonds is 7. The van der Waals surface area contributed by atoms with Crippen LogP contribution in [0, 0.1) is 0 Å². The molecule has 1 atom stereocenters. The van der Waals surface area contributed by atoms with Crippen LogP contribution in [0.15, 0.2) is 59.1 Å². The zero-order chi connectivity index (χ0) is 22.7. The third kappa shape index (κ3) is 4.62. The van der Waals surface area contributed by atoms with Gasteiger partial charge in [0.1, 0.15) is 0 Å². The Kier molecular flexibility index (Phi) is 6.18. The zero-order valence-corrected chi connectivity index (χ0v) is 18.7. The molecule has 4 rings (SSSR count). The van der Waals surface area contributed by atoms with Crippen molar-refractivity contribution in [1.82, 2.24) is 10.1 Å². The summed E-state index contributed by atoms with van der Waals surface area (Å²) in [5.74, 6) is 1.18. The molecular formula is C23H24N2O6S. The summed E-state index contributed by atoms with van der Waals surface area (Å²) in [5, 5.41) is 3.96. The summed E-state index contributed by atoms with van der Waals surface area (Å²) in [6.45, 7) is 0.201. The number of hydrogen-bond acceptors (Lipinski definition) is 7. The van der Waals surface area contributed by atoms with Crippen LogP contribution in [0.5, 0.6) is 11.5 Å². The van der Waals surface area contributed by atoms with E-state index in [0.717, 1.165) is 11.1 Å². The molecule has 168 valence electrons. The maximum absolute atomic E-state index is 13.4. The van der Waals surface area contributed by atoms with Crippen LogP contribution < -0.4 is 9.47 Å². The standard InChI is InChI=1S/C23H24N2O6S/c1-29-20-9-8-16(12-22(20)30-2)14-25(18-10-11-32(27,28)15-18)23(26)19-13-21(31-24-19)17-6-4-3-5-7-17/h3-9,12-13,18H,10-11,14-15H2,1-2H3. The summed E-state index contributed by atoms with van der Waals surface area (Å²) < 4.78 is 40.3. The molecule has 0 radical (unpaired) electrons. The second-order valence-electron chi connectivity index (χ2n) is 7.62. The van der Waals surface area contributed by atoms with Crippen molar-refractivity contribution >= 4 is 15.7 Å². The third-order valence-corrected chi connectivity index (χ3v) is 7.25. The molecule has 1 aliphatic heterocycles. The molecule has 32 heavy (non-hydrogen) atoms. The Hall–Kier alpha value is -3.33. The minimum Gasteiger partial charge on any atom is -0.493 e. The van der Waals surface area contributed by atoms with Gasteiger partial charge in [-0.3, -0.25) is 4.79 Å². The largest absolute Gasteiger partial charge is 0.493 e. The van der Waals surface area contributed by atoms with Gasteiger partial charge in [0.05, 0.1) is 25.7 Å². The van der Waals surface area contributed by atoms with Crippen molar-refractivity contribution < 1.29 is 27.2 Å². The molecule has 0 bridgehead atoms. The van der Waals surface area contributed by atoms with Gasteiger partial charge in [0, 0.05) is 24.2 Å². The summed E-state index contributed by atoms with van der Waals surface area (Å²) in [6, 6.07) is 15.8. The Bertz CT molecular complexity index is 1210. The zero-order valence-electron chi connectivity index (χ0n) is 17.9. The lowest BCUT2D eigenvalue weighted by Gasteiger charge is -2.27. The van der Waals surface area contributed by atoms with E-state index in [2.05, 4.69) is 5.16 Å². The molecule has 8 nitrogen and oxygen atoms in total. The Morgan fingerprint density at radius 3 is 2.50 bits per heavy atom. The molecule has 1 amide bonds. The van der Waals surface area contributed by atoms with Crippen LogP contribution in [0.1, 0.15) is 22.5 Å². The van der Waals surface area contributed by atoms with Crippen molar-refractivity contribution in [1.29, 1.82) is 0 Å². The number of methoxy groups -OCH3 is 2. The lowest BCUT2D eigenvalue weighted by molar-refractivity contribution is 0.0670. The van der Waals surface area contributed by atoms with Gasteiger partial charge < -0.3 is 18.9 Å². The van der Waals surface area contributed by atoms with Crippen LogP contribution in [0.2, 0.25) is 0 Å². The van der Waals surface area contributed by atoms with Crippen LogP contribution in [-0.4, -0.2) is 56.1 Å². The highest BCUT2D eigenvalue weighted by Gasteiger charge is 2.36. The molecule has 2 heterocycles. The van der Waals surface area contributed by atoms with E-state index in [-0.39, 0.29) is 29.7 Å². The Morgan fingerprint density at radius 2 is 1.84 bits per heavy atom. The van der Waals surface area contributed by atoms with Gasteiger partial charge in [0.15, 0.2) is 32.8 Å². The first-order valence-electron chi connectivity index (χ1n) is 10.1. The summed E-state index contributed by atoms with van der Waals surface area (Å²) in [7, 11) is -0.109. The van der Waals surface area contributed by atoms with E-state index in [1.165, 1.54) is 7.11 Å². The van der Waals surface area contributed by atoms with Gasteiger partial charge in [-0.2, -0.15) is 0 Å². The van der Waals surface area contributed by atoms with Crippen LogP contribution in [0.4, 0.5) is 0 Å². The first-order chi connectivity index (χ1) is 15.4. The minimum atomic E-state index is -3.19. The number of hydrogen-bond donors (Lipinski definition) is 0. The fourth-order valence-electron chi connectivity index (χ4n) is 3.83. The van der Waals surface area contributed by atoms with Crippen molar-refractivity contribution in [2.24, 2.45) is 0 Å². The first-order valence-corrected chi connectivity index (χ1v) is 12.0. The van der Waals surface area contributed by atoms with Crippen molar-refractivity contribution in [3.63, 3.8) is 0 Å². The molecule has 0 aliphatic carbocycles. The normalized spacial score (nSPS) is 17.1. The molecule has 0 saturated carbocycles. The SMILES string of the molecule is COc1ccc(CN(C(=O)c2cc(-c3ccccc3)on2)C2CCS(=O)(=O)C2)cc1OC. The summed E-state index contributed by atoms with van der Waals surface area (Å²) in [5.41, 5.74) is 1.72. The van der Waals surface area contributed by atoms with Gasteiger partial charge in [0.25, 0.3) is 5.91 Å². The van der Waals surface area contributed by atoms with E-state index in [1.807, 2.05) is 36.4 Å². The number of nitrogens with zero attached hydrogens (tertiary/aromatic N) is 2. The lowest BCUT2D eigenvalue weighted by atomic mass is 10.1. The quantitative estimate of drug-likeness (QED) is 0.538. The predicted octanol–water partition coefficient (Wildman–Crippen LogP) is 3.19. The molecular weight excluding hydrogens is 432 g/mol. The molecule has 0 spiro atoms. The first kappa shape index (κ1) is 21.9.